The standard InChI is InChI=1S/C20H19N3O3S2/c1-11-17(20(25)26)19(24)23(15-8-3-12(10-21)9-16(15)27)18(22-11)13-4-6-14(28-2)7-5-13/h3-9,15H,10,21H2,1-2H3,(H,25,26). The first-order chi connectivity index (χ1) is 13.4. The summed E-state index contributed by atoms with van der Waals surface area (Å²) in [5.74, 6) is -0.932. The fourth-order valence-electron chi connectivity index (χ4n) is 3.05. The summed E-state index contributed by atoms with van der Waals surface area (Å²) in [6, 6.07) is 6.97. The van der Waals surface area contributed by atoms with Gasteiger partial charge in [-0.3, -0.25) is 9.36 Å². The molecule has 1 aliphatic carbocycles. The number of aryl methyl sites for hydroxylation is 1. The summed E-state index contributed by atoms with van der Waals surface area (Å²) in [4.78, 5) is 30.8. The van der Waals surface area contributed by atoms with Crippen LogP contribution >= 0.6 is 24.0 Å². The van der Waals surface area contributed by atoms with E-state index in [-0.39, 0.29) is 11.3 Å². The van der Waals surface area contributed by atoms with Gasteiger partial charge in [0.15, 0.2) is 0 Å². The fraction of sp³-hybridized carbons (Fsp3) is 0.200. The molecule has 0 bridgehead atoms. The van der Waals surface area contributed by atoms with Gasteiger partial charge in [0.05, 0.1) is 11.7 Å². The van der Waals surface area contributed by atoms with Crippen molar-refractivity contribution in [1.82, 2.24) is 9.55 Å². The molecule has 0 saturated heterocycles. The van der Waals surface area contributed by atoms with Crippen LogP contribution in [0.1, 0.15) is 22.1 Å². The van der Waals surface area contributed by atoms with Crippen molar-refractivity contribution in [3.05, 3.63) is 69.7 Å². The van der Waals surface area contributed by atoms with Crippen molar-refractivity contribution in [2.45, 2.75) is 17.9 Å². The van der Waals surface area contributed by atoms with Crippen LogP contribution < -0.4 is 11.3 Å². The molecule has 1 heterocycles. The number of hydrogen-bond donors (Lipinski definition) is 2. The number of thiocarbonyl (C=S) groups is 1. The molecule has 0 spiro atoms. The molecule has 144 valence electrons. The first-order valence-corrected chi connectivity index (χ1v) is 10.1. The Morgan fingerprint density at radius 2 is 2.04 bits per heavy atom. The largest absolute Gasteiger partial charge is 0.477 e. The molecule has 2 aromatic rings. The highest BCUT2D eigenvalue weighted by Crippen LogP contribution is 2.27. The lowest BCUT2D eigenvalue weighted by atomic mass is 10.0. The maximum absolute atomic E-state index is 13.1. The number of allylic oxidation sites excluding steroid dienone is 2. The maximum atomic E-state index is 13.1. The summed E-state index contributed by atoms with van der Waals surface area (Å²) in [6.45, 7) is 1.85. The second kappa shape index (κ2) is 8.22. The second-order valence-corrected chi connectivity index (χ2v) is 7.59. The van der Waals surface area contributed by atoms with Gasteiger partial charge in [-0.15, -0.1) is 11.8 Å². The van der Waals surface area contributed by atoms with E-state index in [0.717, 1.165) is 10.5 Å². The van der Waals surface area contributed by atoms with Crippen LogP contribution in [0.4, 0.5) is 0 Å². The van der Waals surface area contributed by atoms with E-state index in [9.17, 15) is 14.7 Å². The summed E-state index contributed by atoms with van der Waals surface area (Å²) < 4.78 is 1.35. The Morgan fingerprint density at radius 3 is 2.57 bits per heavy atom. The van der Waals surface area contributed by atoms with E-state index < -0.39 is 17.6 Å². The smallest absolute Gasteiger partial charge is 0.343 e. The number of carbonyl (C=O) groups is 1. The second-order valence-electron chi connectivity index (χ2n) is 6.23. The number of hydrogen-bond acceptors (Lipinski definition) is 6. The molecule has 0 fully saturated rings. The van der Waals surface area contributed by atoms with Crippen LogP contribution in [-0.2, 0) is 0 Å². The highest BCUT2D eigenvalue weighted by atomic mass is 32.2. The van der Waals surface area contributed by atoms with Gasteiger partial charge in [0, 0.05) is 21.9 Å². The van der Waals surface area contributed by atoms with E-state index in [4.69, 9.17) is 18.0 Å². The molecule has 1 atom stereocenters. The van der Waals surface area contributed by atoms with Crippen molar-refractivity contribution in [3.8, 4) is 11.4 Å². The number of aromatic nitrogens is 2. The van der Waals surface area contributed by atoms with E-state index in [0.29, 0.717) is 22.8 Å². The van der Waals surface area contributed by atoms with Crippen LogP contribution in [-0.4, -0.2) is 38.3 Å². The number of carboxylic acids is 1. The average molecular weight is 414 g/mol. The van der Waals surface area contributed by atoms with Gasteiger partial charge in [-0.05, 0) is 37.0 Å². The van der Waals surface area contributed by atoms with Crippen LogP contribution in [0.25, 0.3) is 11.4 Å². The minimum absolute atomic E-state index is 0.168. The van der Waals surface area contributed by atoms with E-state index in [1.807, 2.05) is 30.5 Å². The monoisotopic (exact) mass is 413 g/mol. The third-order valence-electron chi connectivity index (χ3n) is 4.48. The lowest BCUT2D eigenvalue weighted by Crippen LogP contribution is -2.35. The van der Waals surface area contributed by atoms with Gasteiger partial charge in [0.1, 0.15) is 11.4 Å². The Hall–Kier alpha value is -2.55. The molecule has 3 rings (SSSR count). The SMILES string of the molecule is CSc1ccc(-c2nc(C)c(C(=O)O)c(=O)n2C2C=CC(CN)=CC2=S)cc1. The Balaban J connectivity index is 2.26. The number of benzene rings is 1. The molecule has 0 aliphatic heterocycles. The number of thioether (sulfide) groups is 1. The Bertz CT molecular complexity index is 1070. The van der Waals surface area contributed by atoms with Crippen molar-refractivity contribution in [1.29, 1.82) is 0 Å². The van der Waals surface area contributed by atoms with Crippen molar-refractivity contribution in [2.75, 3.05) is 12.8 Å². The molecule has 6 nitrogen and oxygen atoms in total. The van der Waals surface area contributed by atoms with Gasteiger partial charge in [-0.1, -0.05) is 36.5 Å². The van der Waals surface area contributed by atoms with E-state index in [1.165, 1.54) is 11.5 Å². The lowest BCUT2D eigenvalue weighted by molar-refractivity contribution is 0.0693. The normalized spacial score (nSPS) is 16.2. The van der Waals surface area contributed by atoms with Crippen LogP contribution in [0.15, 0.2) is 57.8 Å². The topological polar surface area (TPSA) is 98.2 Å². The Kier molecular flexibility index (Phi) is 5.93. The van der Waals surface area contributed by atoms with E-state index >= 15 is 0 Å². The summed E-state index contributed by atoms with van der Waals surface area (Å²) in [5.41, 5.74) is 6.41. The average Bonchev–Trinajstić information content (AvgIpc) is 2.68. The summed E-state index contributed by atoms with van der Waals surface area (Å²) >= 11 is 7.08. The Labute approximate surface area is 171 Å². The number of carboxylic acid groups (broad SMARTS) is 1. The molecule has 3 N–H and O–H groups in total. The molecular weight excluding hydrogens is 394 g/mol. The number of nitrogens with two attached hydrogens (primary N) is 1. The van der Waals surface area contributed by atoms with Crippen LogP contribution in [0.2, 0.25) is 0 Å². The van der Waals surface area contributed by atoms with Gasteiger partial charge in [-0.25, -0.2) is 9.78 Å². The first kappa shape index (κ1) is 20.2. The van der Waals surface area contributed by atoms with Crippen LogP contribution in [0.5, 0.6) is 0 Å². The summed E-state index contributed by atoms with van der Waals surface area (Å²) in [5, 5.41) is 9.51. The molecule has 1 aromatic carbocycles. The van der Waals surface area contributed by atoms with Gasteiger partial charge in [0.2, 0.25) is 0 Å². The van der Waals surface area contributed by atoms with Gasteiger partial charge < -0.3 is 10.8 Å². The van der Waals surface area contributed by atoms with Gasteiger partial charge >= 0.3 is 5.97 Å². The predicted octanol–water partition coefficient (Wildman–Crippen LogP) is 3.00. The predicted molar refractivity (Wildman–Crippen MR) is 115 cm³/mol. The zero-order valence-electron chi connectivity index (χ0n) is 15.4. The molecular formula is C20H19N3O3S2. The molecule has 0 radical (unpaired) electrons. The van der Waals surface area contributed by atoms with Crippen molar-refractivity contribution in [2.24, 2.45) is 5.73 Å². The summed E-state index contributed by atoms with van der Waals surface area (Å²) in [7, 11) is 0. The van der Waals surface area contributed by atoms with Crippen molar-refractivity contribution < 1.29 is 9.90 Å². The van der Waals surface area contributed by atoms with E-state index in [2.05, 4.69) is 4.98 Å². The van der Waals surface area contributed by atoms with E-state index in [1.54, 1.807) is 30.0 Å². The molecule has 0 amide bonds. The van der Waals surface area contributed by atoms with Crippen molar-refractivity contribution >= 4 is 34.8 Å². The van der Waals surface area contributed by atoms with Crippen molar-refractivity contribution in [3.63, 3.8) is 0 Å². The quantitative estimate of drug-likeness (QED) is 0.574. The molecule has 28 heavy (non-hydrogen) atoms. The Morgan fingerprint density at radius 1 is 1.36 bits per heavy atom. The maximum Gasteiger partial charge on any atom is 0.343 e. The molecule has 1 aromatic heterocycles. The number of rotatable bonds is 5. The molecule has 0 saturated carbocycles. The molecule has 1 unspecified atom stereocenters. The first-order valence-electron chi connectivity index (χ1n) is 8.51. The van der Waals surface area contributed by atoms with Crippen LogP contribution in [0.3, 0.4) is 0 Å². The van der Waals surface area contributed by atoms with Gasteiger partial charge in [-0.2, -0.15) is 0 Å². The lowest BCUT2D eigenvalue weighted by Gasteiger charge is -2.23. The number of nitrogens with zero attached hydrogens (tertiary/aromatic N) is 2. The zero-order valence-corrected chi connectivity index (χ0v) is 17.0. The zero-order chi connectivity index (χ0) is 20.4. The summed E-state index contributed by atoms with van der Waals surface area (Å²) in [6.07, 6.45) is 7.27. The van der Waals surface area contributed by atoms with Gasteiger partial charge in [0.25, 0.3) is 5.56 Å². The third kappa shape index (κ3) is 3.71. The highest BCUT2D eigenvalue weighted by molar-refractivity contribution is 7.98. The minimum Gasteiger partial charge on any atom is -0.477 e. The third-order valence-corrected chi connectivity index (χ3v) is 5.59. The molecule has 8 heteroatoms. The minimum atomic E-state index is -1.31. The fourth-order valence-corrected chi connectivity index (χ4v) is 3.80. The van der Waals surface area contributed by atoms with Crippen LogP contribution in [0, 0.1) is 6.92 Å². The molecule has 1 aliphatic rings. The number of aromatic carboxylic acids is 1. The highest BCUT2D eigenvalue weighted by Gasteiger charge is 2.26.